The fraction of sp³-hybridized carbons (Fsp3) is 0.562. The number of rotatable bonds is 2. The number of hydrazine groups is 1. The monoisotopic (exact) mass is 312 g/mol. The Labute approximate surface area is 128 Å². The minimum absolute atomic E-state index is 0.294. The van der Waals surface area contributed by atoms with E-state index in [-0.39, 0.29) is 5.54 Å². The summed E-state index contributed by atoms with van der Waals surface area (Å²) >= 11 is 0. The van der Waals surface area contributed by atoms with Gasteiger partial charge in [0.25, 0.3) is 0 Å². The van der Waals surface area contributed by atoms with E-state index in [9.17, 15) is 13.2 Å². The van der Waals surface area contributed by atoms with Gasteiger partial charge in [0.05, 0.1) is 5.54 Å². The lowest BCUT2D eigenvalue weighted by Crippen LogP contribution is -2.55. The second kappa shape index (κ2) is 5.26. The van der Waals surface area contributed by atoms with Gasteiger partial charge >= 0.3 is 6.18 Å². The fourth-order valence-corrected chi connectivity index (χ4v) is 3.50. The molecule has 0 aliphatic carbocycles. The van der Waals surface area contributed by atoms with Gasteiger partial charge < -0.3 is 0 Å². The van der Waals surface area contributed by atoms with Crippen molar-refractivity contribution in [2.45, 2.75) is 57.4 Å². The second-order valence-corrected chi connectivity index (χ2v) is 6.00. The zero-order valence-corrected chi connectivity index (χ0v) is 12.8. The standard InChI is InChI=1S/C16H21F3N3/c1-3-15(4-2)8-10-21-9-6-5-7-12(21)13-11-14(16(17,18)19)20-22(13)15/h5-7,9,11,14,20H,3-4,8,10H2,1-2H3/q+1. The fourth-order valence-electron chi connectivity index (χ4n) is 3.50. The highest BCUT2D eigenvalue weighted by atomic mass is 19.4. The highest BCUT2D eigenvalue weighted by Gasteiger charge is 2.50. The first kappa shape index (κ1) is 15.3. The summed E-state index contributed by atoms with van der Waals surface area (Å²) in [6.45, 7) is 4.90. The van der Waals surface area contributed by atoms with Crippen molar-refractivity contribution in [1.82, 2.24) is 10.4 Å². The maximum atomic E-state index is 13.2. The molecule has 0 radical (unpaired) electrons. The van der Waals surface area contributed by atoms with Gasteiger partial charge in [0.1, 0.15) is 11.7 Å². The third-order valence-electron chi connectivity index (χ3n) is 5.00. The number of alkyl halides is 3. The van der Waals surface area contributed by atoms with E-state index in [2.05, 4.69) is 5.43 Å². The van der Waals surface area contributed by atoms with Gasteiger partial charge in [-0.1, -0.05) is 13.8 Å². The van der Waals surface area contributed by atoms with Crippen LogP contribution in [0.4, 0.5) is 13.2 Å². The quantitative estimate of drug-likeness (QED) is 0.847. The molecule has 1 unspecified atom stereocenters. The first-order chi connectivity index (χ1) is 10.4. The summed E-state index contributed by atoms with van der Waals surface area (Å²) in [5.74, 6) is 0. The van der Waals surface area contributed by atoms with E-state index < -0.39 is 12.2 Å². The van der Waals surface area contributed by atoms with Gasteiger partial charge in [0.15, 0.2) is 12.7 Å². The number of nitrogens with zero attached hydrogens (tertiary/aromatic N) is 2. The molecule has 0 spiro atoms. The average Bonchev–Trinajstić information content (AvgIpc) is 2.90. The predicted molar refractivity (Wildman–Crippen MR) is 77.4 cm³/mol. The molecule has 1 aromatic heterocycles. The van der Waals surface area contributed by atoms with Crippen LogP contribution >= 0.6 is 0 Å². The molecule has 2 aliphatic rings. The maximum Gasteiger partial charge on any atom is 0.409 e. The van der Waals surface area contributed by atoms with Gasteiger partial charge in [-0.05, 0) is 25.0 Å². The lowest BCUT2D eigenvalue weighted by atomic mass is 9.88. The van der Waals surface area contributed by atoms with E-state index in [1.165, 1.54) is 6.08 Å². The highest BCUT2D eigenvalue weighted by molar-refractivity contribution is 5.63. The zero-order chi connectivity index (χ0) is 16.0. The van der Waals surface area contributed by atoms with E-state index >= 15 is 0 Å². The van der Waals surface area contributed by atoms with Crippen molar-refractivity contribution in [3.63, 3.8) is 0 Å². The molecule has 3 heterocycles. The molecular formula is C16H21F3N3+. The Hall–Kier alpha value is -1.56. The largest absolute Gasteiger partial charge is 0.409 e. The van der Waals surface area contributed by atoms with E-state index in [0.29, 0.717) is 5.70 Å². The summed E-state index contributed by atoms with van der Waals surface area (Å²) in [7, 11) is 0. The molecule has 1 aromatic rings. The second-order valence-electron chi connectivity index (χ2n) is 6.00. The van der Waals surface area contributed by atoms with Gasteiger partial charge in [-0.2, -0.15) is 17.7 Å². The molecule has 22 heavy (non-hydrogen) atoms. The van der Waals surface area contributed by atoms with Crippen molar-refractivity contribution >= 4 is 5.70 Å². The molecule has 6 heteroatoms. The number of hydrogen-bond donors (Lipinski definition) is 1. The smallest absolute Gasteiger partial charge is 0.295 e. The lowest BCUT2D eigenvalue weighted by Gasteiger charge is -2.41. The van der Waals surface area contributed by atoms with Gasteiger partial charge in [-0.3, -0.25) is 5.01 Å². The van der Waals surface area contributed by atoms with Gasteiger partial charge in [0.2, 0.25) is 5.69 Å². The maximum absolute atomic E-state index is 13.2. The summed E-state index contributed by atoms with van der Waals surface area (Å²) in [4.78, 5) is 0. The number of hydrogen-bond acceptors (Lipinski definition) is 2. The molecule has 120 valence electrons. The minimum Gasteiger partial charge on any atom is -0.295 e. The number of fused-ring (bicyclic) bond motifs is 3. The Bertz CT molecular complexity index is 591. The molecule has 0 amide bonds. The number of pyridine rings is 1. The normalized spacial score (nSPS) is 23.6. The van der Waals surface area contributed by atoms with Crippen molar-refractivity contribution in [1.29, 1.82) is 0 Å². The minimum atomic E-state index is -4.29. The van der Waals surface area contributed by atoms with Crippen LogP contribution in [0, 0.1) is 0 Å². The van der Waals surface area contributed by atoms with Crippen LogP contribution in [0.5, 0.6) is 0 Å². The van der Waals surface area contributed by atoms with E-state index in [1.807, 2.05) is 42.8 Å². The molecule has 0 saturated heterocycles. The van der Waals surface area contributed by atoms with Crippen molar-refractivity contribution in [3.05, 3.63) is 36.2 Å². The van der Waals surface area contributed by atoms with Crippen LogP contribution in [0.3, 0.4) is 0 Å². The van der Waals surface area contributed by atoms with E-state index in [0.717, 1.165) is 31.5 Å². The van der Waals surface area contributed by atoms with E-state index in [1.54, 1.807) is 5.01 Å². The van der Waals surface area contributed by atoms with Gasteiger partial charge in [-0.15, -0.1) is 0 Å². The summed E-state index contributed by atoms with van der Waals surface area (Å²) in [6, 6.07) is 4.06. The molecule has 3 nitrogen and oxygen atoms in total. The molecular weight excluding hydrogens is 291 g/mol. The van der Waals surface area contributed by atoms with Crippen LogP contribution in [0.15, 0.2) is 30.5 Å². The molecule has 0 fully saturated rings. The van der Waals surface area contributed by atoms with Crippen LogP contribution in [0.25, 0.3) is 5.70 Å². The summed E-state index contributed by atoms with van der Waals surface area (Å²) in [6.07, 6.45) is 1.39. The number of nitrogens with one attached hydrogen (secondary N) is 1. The lowest BCUT2D eigenvalue weighted by molar-refractivity contribution is -0.699. The average molecular weight is 312 g/mol. The molecule has 2 aliphatic heterocycles. The summed E-state index contributed by atoms with van der Waals surface area (Å²) in [5.41, 5.74) is 3.90. The Kier molecular flexibility index (Phi) is 3.67. The van der Waals surface area contributed by atoms with Crippen LogP contribution < -0.4 is 9.99 Å². The van der Waals surface area contributed by atoms with Crippen LogP contribution in [-0.4, -0.2) is 22.8 Å². The highest BCUT2D eigenvalue weighted by Crippen LogP contribution is 2.40. The Morgan fingerprint density at radius 1 is 1.32 bits per heavy atom. The van der Waals surface area contributed by atoms with Gasteiger partial charge in [-0.25, -0.2) is 5.43 Å². The van der Waals surface area contributed by atoms with Crippen molar-refractivity contribution in [3.8, 4) is 0 Å². The molecule has 0 saturated carbocycles. The Morgan fingerprint density at radius 3 is 2.68 bits per heavy atom. The molecule has 1 N–H and O–H groups in total. The van der Waals surface area contributed by atoms with E-state index in [4.69, 9.17) is 0 Å². The molecule has 1 atom stereocenters. The third-order valence-corrected chi connectivity index (χ3v) is 5.00. The number of aryl methyl sites for hydroxylation is 1. The van der Waals surface area contributed by atoms with Crippen molar-refractivity contribution in [2.24, 2.45) is 0 Å². The van der Waals surface area contributed by atoms with Crippen LogP contribution in [-0.2, 0) is 6.54 Å². The van der Waals surface area contributed by atoms with Crippen LogP contribution in [0.2, 0.25) is 0 Å². The van der Waals surface area contributed by atoms with Crippen molar-refractivity contribution < 1.29 is 17.7 Å². The molecule has 3 rings (SSSR count). The SMILES string of the molecule is CCC1(CC)CC[n+]2ccccc2C2=CC(C(F)(F)F)NN21. The molecule has 0 bridgehead atoms. The zero-order valence-electron chi connectivity index (χ0n) is 12.8. The van der Waals surface area contributed by atoms with Crippen molar-refractivity contribution in [2.75, 3.05) is 0 Å². The summed E-state index contributed by atoms with van der Waals surface area (Å²) < 4.78 is 41.6. The third kappa shape index (κ3) is 2.29. The Morgan fingerprint density at radius 2 is 2.05 bits per heavy atom. The first-order valence-corrected chi connectivity index (χ1v) is 7.75. The Balaban J connectivity index is 2.12. The van der Waals surface area contributed by atoms with Gasteiger partial charge in [0, 0.05) is 18.6 Å². The topological polar surface area (TPSA) is 19.1 Å². The first-order valence-electron chi connectivity index (χ1n) is 7.75. The molecule has 0 aromatic carbocycles. The summed E-state index contributed by atoms with van der Waals surface area (Å²) in [5, 5.41) is 1.78. The predicted octanol–water partition coefficient (Wildman–Crippen LogP) is 3.03. The number of halogens is 3. The van der Waals surface area contributed by atoms with Crippen LogP contribution in [0.1, 0.15) is 38.8 Å². The number of aromatic nitrogens is 1.